The Morgan fingerprint density at radius 3 is 2.57 bits per heavy atom. The van der Waals surface area contributed by atoms with Gasteiger partial charge in [0.25, 0.3) is 0 Å². The maximum absolute atomic E-state index is 12.3. The van der Waals surface area contributed by atoms with E-state index in [1.165, 1.54) is 5.56 Å². The predicted molar refractivity (Wildman–Crippen MR) is 119 cm³/mol. The number of hydrogen-bond donors (Lipinski definition) is 0. The zero-order chi connectivity index (χ0) is 20.7. The van der Waals surface area contributed by atoms with Crippen LogP contribution in [0.25, 0.3) is 22.1 Å². The standard InChI is InChI=1S/C25H20ClNO3/c1-16-24-19(14-27(15-29-24)13-17-7-9-20(26)10-8-17)11-22-21(12-23(28)30-25(16)22)18-5-3-2-4-6-18/h2-12H,13-15H2,1H3. The molecule has 4 nitrogen and oxygen atoms in total. The fourth-order valence-electron chi connectivity index (χ4n) is 4.08. The first kappa shape index (κ1) is 18.9. The van der Waals surface area contributed by atoms with E-state index in [0.717, 1.165) is 51.5 Å². The van der Waals surface area contributed by atoms with Crippen molar-refractivity contribution >= 4 is 22.6 Å². The van der Waals surface area contributed by atoms with Crippen molar-refractivity contribution in [3.63, 3.8) is 0 Å². The Kier molecular flexibility index (Phi) is 4.81. The third-order valence-corrected chi connectivity index (χ3v) is 5.73. The van der Waals surface area contributed by atoms with Crippen LogP contribution >= 0.6 is 11.6 Å². The van der Waals surface area contributed by atoms with E-state index in [4.69, 9.17) is 20.8 Å². The molecule has 0 bridgehead atoms. The van der Waals surface area contributed by atoms with Gasteiger partial charge in [-0.3, -0.25) is 4.90 Å². The van der Waals surface area contributed by atoms with Crippen molar-refractivity contribution in [2.75, 3.05) is 6.73 Å². The molecule has 0 unspecified atom stereocenters. The predicted octanol–water partition coefficient (Wildman–Crippen LogP) is 5.77. The van der Waals surface area contributed by atoms with Crippen LogP contribution < -0.4 is 10.4 Å². The SMILES string of the molecule is Cc1c2c(cc3c(-c4ccccc4)cc(=O)oc13)CN(Cc1ccc(Cl)cc1)CO2. The third kappa shape index (κ3) is 3.49. The van der Waals surface area contributed by atoms with Crippen molar-refractivity contribution < 1.29 is 9.15 Å². The second-order valence-corrected chi connectivity index (χ2v) is 8.04. The average Bonchev–Trinajstić information content (AvgIpc) is 2.76. The molecule has 150 valence electrons. The molecule has 3 aromatic carbocycles. The topological polar surface area (TPSA) is 42.7 Å². The number of benzene rings is 3. The Morgan fingerprint density at radius 2 is 1.80 bits per heavy atom. The smallest absolute Gasteiger partial charge is 0.336 e. The van der Waals surface area contributed by atoms with Crippen molar-refractivity contribution in [3.05, 3.63) is 98.9 Å². The van der Waals surface area contributed by atoms with Gasteiger partial charge in [0.1, 0.15) is 18.1 Å². The first-order chi connectivity index (χ1) is 14.6. The lowest BCUT2D eigenvalue weighted by atomic mass is 9.97. The van der Waals surface area contributed by atoms with Crippen LogP contribution in [0.3, 0.4) is 0 Å². The first-order valence-corrected chi connectivity index (χ1v) is 10.2. The molecular weight excluding hydrogens is 398 g/mol. The summed E-state index contributed by atoms with van der Waals surface area (Å²) in [6.07, 6.45) is 0. The largest absolute Gasteiger partial charge is 0.477 e. The molecule has 0 fully saturated rings. The van der Waals surface area contributed by atoms with Gasteiger partial charge >= 0.3 is 5.63 Å². The monoisotopic (exact) mass is 417 g/mol. The second-order valence-electron chi connectivity index (χ2n) is 7.60. The number of nitrogens with zero attached hydrogens (tertiary/aromatic N) is 1. The van der Waals surface area contributed by atoms with E-state index in [9.17, 15) is 4.79 Å². The summed E-state index contributed by atoms with van der Waals surface area (Å²) in [5.41, 5.74) is 5.23. The van der Waals surface area contributed by atoms with E-state index in [-0.39, 0.29) is 5.63 Å². The molecule has 5 heteroatoms. The molecule has 0 saturated heterocycles. The highest BCUT2D eigenvalue weighted by atomic mass is 35.5. The minimum atomic E-state index is -0.357. The second kappa shape index (κ2) is 7.63. The van der Waals surface area contributed by atoms with Gasteiger partial charge < -0.3 is 9.15 Å². The number of hydrogen-bond acceptors (Lipinski definition) is 4. The number of aryl methyl sites for hydroxylation is 1. The van der Waals surface area contributed by atoms with E-state index in [0.29, 0.717) is 12.3 Å². The van der Waals surface area contributed by atoms with E-state index in [1.807, 2.05) is 61.5 Å². The number of fused-ring (bicyclic) bond motifs is 2. The first-order valence-electron chi connectivity index (χ1n) is 9.84. The van der Waals surface area contributed by atoms with E-state index in [1.54, 1.807) is 6.07 Å². The molecule has 1 aromatic heterocycles. The van der Waals surface area contributed by atoms with Crippen LogP contribution in [0, 0.1) is 6.92 Å². The minimum absolute atomic E-state index is 0.357. The molecule has 0 aliphatic carbocycles. The summed E-state index contributed by atoms with van der Waals surface area (Å²) in [4.78, 5) is 14.5. The molecular formula is C25H20ClNO3. The molecule has 0 spiro atoms. The zero-order valence-electron chi connectivity index (χ0n) is 16.5. The van der Waals surface area contributed by atoms with Gasteiger partial charge in [-0.15, -0.1) is 0 Å². The number of halogens is 1. The van der Waals surface area contributed by atoms with Crippen molar-refractivity contribution in [1.29, 1.82) is 0 Å². The highest BCUT2D eigenvalue weighted by Crippen LogP contribution is 2.38. The Bertz CT molecular complexity index is 1280. The van der Waals surface area contributed by atoms with Crippen LogP contribution in [0.4, 0.5) is 0 Å². The Labute approximate surface area is 179 Å². The lowest BCUT2D eigenvalue weighted by molar-refractivity contribution is 0.0881. The molecule has 0 N–H and O–H groups in total. The Balaban J connectivity index is 1.57. The van der Waals surface area contributed by atoms with Crippen LogP contribution in [0.15, 0.2) is 75.9 Å². The van der Waals surface area contributed by atoms with Gasteiger partial charge in [0.05, 0.1) is 0 Å². The highest BCUT2D eigenvalue weighted by molar-refractivity contribution is 6.30. The van der Waals surface area contributed by atoms with Crippen molar-refractivity contribution in [2.24, 2.45) is 0 Å². The quantitative estimate of drug-likeness (QED) is 0.396. The van der Waals surface area contributed by atoms with Crippen LogP contribution in [0.2, 0.25) is 5.02 Å². The van der Waals surface area contributed by atoms with Crippen LogP contribution in [-0.2, 0) is 13.1 Å². The average molecular weight is 418 g/mol. The zero-order valence-corrected chi connectivity index (χ0v) is 17.3. The highest BCUT2D eigenvalue weighted by Gasteiger charge is 2.23. The van der Waals surface area contributed by atoms with Gasteiger partial charge in [0.2, 0.25) is 0 Å². The molecule has 2 heterocycles. The summed E-state index contributed by atoms with van der Waals surface area (Å²) in [7, 11) is 0. The van der Waals surface area contributed by atoms with Crippen molar-refractivity contribution in [1.82, 2.24) is 4.90 Å². The van der Waals surface area contributed by atoms with E-state index >= 15 is 0 Å². The lowest BCUT2D eigenvalue weighted by Crippen LogP contribution is -2.31. The maximum atomic E-state index is 12.3. The molecule has 1 aliphatic rings. The fourth-order valence-corrected chi connectivity index (χ4v) is 4.20. The van der Waals surface area contributed by atoms with Gasteiger partial charge in [-0.05, 0) is 41.8 Å². The molecule has 4 aromatic rings. The van der Waals surface area contributed by atoms with Gasteiger partial charge in [0.15, 0.2) is 0 Å². The molecule has 1 aliphatic heterocycles. The molecule has 0 atom stereocenters. The van der Waals surface area contributed by atoms with Crippen LogP contribution in [-0.4, -0.2) is 11.6 Å². The summed E-state index contributed by atoms with van der Waals surface area (Å²) in [5, 5.41) is 1.66. The van der Waals surface area contributed by atoms with Gasteiger partial charge in [-0.2, -0.15) is 0 Å². The van der Waals surface area contributed by atoms with Crippen molar-refractivity contribution in [3.8, 4) is 16.9 Å². The molecule has 30 heavy (non-hydrogen) atoms. The van der Waals surface area contributed by atoms with Crippen molar-refractivity contribution in [2.45, 2.75) is 20.0 Å². The van der Waals surface area contributed by atoms with E-state index in [2.05, 4.69) is 11.0 Å². The number of ether oxygens (including phenoxy) is 1. The Morgan fingerprint density at radius 1 is 1.03 bits per heavy atom. The Hall–Kier alpha value is -3.08. The molecule has 0 amide bonds. The summed E-state index contributed by atoms with van der Waals surface area (Å²) in [5.74, 6) is 0.809. The van der Waals surface area contributed by atoms with Crippen LogP contribution in [0.5, 0.6) is 5.75 Å². The normalized spacial score (nSPS) is 13.8. The van der Waals surface area contributed by atoms with Gasteiger partial charge in [-0.1, -0.05) is 54.1 Å². The summed E-state index contributed by atoms with van der Waals surface area (Å²) in [6, 6.07) is 21.5. The molecule has 0 saturated carbocycles. The fraction of sp³-hybridized carbons (Fsp3) is 0.160. The summed E-state index contributed by atoms with van der Waals surface area (Å²) in [6.45, 7) is 3.95. The molecule has 5 rings (SSSR count). The number of rotatable bonds is 3. The lowest BCUT2D eigenvalue weighted by Gasteiger charge is -2.30. The molecule has 0 radical (unpaired) electrons. The maximum Gasteiger partial charge on any atom is 0.336 e. The van der Waals surface area contributed by atoms with Gasteiger partial charge in [0, 0.05) is 40.7 Å². The van der Waals surface area contributed by atoms with Gasteiger partial charge in [-0.25, -0.2) is 4.79 Å². The van der Waals surface area contributed by atoms with E-state index < -0.39 is 0 Å². The van der Waals surface area contributed by atoms with Crippen LogP contribution in [0.1, 0.15) is 16.7 Å². The minimum Gasteiger partial charge on any atom is -0.477 e. The summed E-state index contributed by atoms with van der Waals surface area (Å²) < 4.78 is 11.7. The summed E-state index contributed by atoms with van der Waals surface area (Å²) >= 11 is 6.00. The third-order valence-electron chi connectivity index (χ3n) is 5.48.